The predicted molar refractivity (Wildman–Crippen MR) is 116 cm³/mol. The molecule has 0 aromatic heterocycles. The molecule has 8 heteroatoms. The van der Waals surface area contributed by atoms with Crippen LogP contribution >= 0.6 is 0 Å². The molecular weight excluding hydrogens is 404 g/mol. The van der Waals surface area contributed by atoms with Gasteiger partial charge in [0, 0.05) is 6.04 Å². The highest BCUT2D eigenvalue weighted by molar-refractivity contribution is 7.92. The predicted octanol–water partition coefficient (Wildman–Crippen LogP) is 3.12. The number of benzene rings is 2. The molecule has 0 fully saturated rings. The summed E-state index contributed by atoms with van der Waals surface area (Å²) >= 11 is 0. The summed E-state index contributed by atoms with van der Waals surface area (Å²) in [5.41, 5.74) is 1.32. The van der Waals surface area contributed by atoms with E-state index in [4.69, 9.17) is 9.47 Å². The number of rotatable bonds is 6. The summed E-state index contributed by atoms with van der Waals surface area (Å²) in [6.45, 7) is 7.70. The van der Waals surface area contributed by atoms with Crippen molar-refractivity contribution in [1.82, 2.24) is 5.32 Å². The Morgan fingerprint density at radius 1 is 1.17 bits per heavy atom. The lowest BCUT2D eigenvalue weighted by Gasteiger charge is -2.35. The van der Waals surface area contributed by atoms with Crippen LogP contribution in [0.25, 0.3) is 0 Å². The van der Waals surface area contributed by atoms with E-state index in [1.165, 1.54) is 23.5 Å². The fraction of sp³-hybridized carbons (Fsp3) is 0.409. The first-order valence-electron chi connectivity index (χ1n) is 9.88. The number of ether oxygens (including phenoxy) is 2. The lowest BCUT2D eigenvalue weighted by molar-refractivity contribution is -0.128. The van der Waals surface area contributed by atoms with Gasteiger partial charge in [0.05, 0.1) is 24.2 Å². The number of carbonyl (C=O) groups excluding carboxylic acids is 1. The van der Waals surface area contributed by atoms with Crippen LogP contribution in [0.5, 0.6) is 11.5 Å². The van der Waals surface area contributed by atoms with Gasteiger partial charge in [0.2, 0.25) is 0 Å². The number of hydrogen-bond acceptors (Lipinski definition) is 5. The van der Waals surface area contributed by atoms with Crippen LogP contribution < -0.4 is 19.1 Å². The molecule has 0 radical (unpaired) electrons. The minimum Gasteiger partial charge on any atom is -0.497 e. The number of sulfonamides is 1. The van der Waals surface area contributed by atoms with Crippen molar-refractivity contribution >= 4 is 21.6 Å². The van der Waals surface area contributed by atoms with E-state index in [0.29, 0.717) is 17.2 Å². The summed E-state index contributed by atoms with van der Waals surface area (Å²) in [7, 11) is -2.39. The number of amides is 1. The molecule has 1 aliphatic rings. The molecule has 7 nitrogen and oxygen atoms in total. The third-order valence-corrected chi connectivity index (χ3v) is 7.09. The second-order valence-electron chi connectivity index (χ2n) is 7.83. The number of nitrogens with zero attached hydrogens (tertiary/aromatic N) is 1. The van der Waals surface area contributed by atoms with Crippen molar-refractivity contribution in [3.63, 3.8) is 0 Å². The van der Waals surface area contributed by atoms with Gasteiger partial charge in [-0.05, 0) is 61.7 Å². The van der Waals surface area contributed by atoms with Gasteiger partial charge < -0.3 is 14.8 Å². The van der Waals surface area contributed by atoms with Crippen LogP contribution in [0.3, 0.4) is 0 Å². The van der Waals surface area contributed by atoms with E-state index >= 15 is 0 Å². The maximum atomic E-state index is 13.4. The van der Waals surface area contributed by atoms with E-state index in [1.54, 1.807) is 24.3 Å². The Morgan fingerprint density at radius 2 is 1.83 bits per heavy atom. The van der Waals surface area contributed by atoms with Gasteiger partial charge in [0.25, 0.3) is 15.9 Å². The van der Waals surface area contributed by atoms with Gasteiger partial charge in [-0.1, -0.05) is 19.9 Å². The lowest BCUT2D eigenvalue weighted by atomic mass is 10.1. The molecule has 30 heavy (non-hydrogen) atoms. The molecule has 1 heterocycles. The molecule has 1 N–H and O–H groups in total. The number of hydrogen-bond donors (Lipinski definition) is 1. The fourth-order valence-electron chi connectivity index (χ4n) is 3.08. The van der Waals surface area contributed by atoms with Crippen molar-refractivity contribution < 1.29 is 22.7 Å². The number of methoxy groups -OCH3 is 1. The van der Waals surface area contributed by atoms with Crippen LogP contribution in [0.2, 0.25) is 0 Å². The molecule has 0 saturated heterocycles. The first-order valence-corrected chi connectivity index (χ1v) is 11.3. The van der Waals surface area contributed by atoms with Gasteiger partial charge in [-0.25, -0.2) is 8.42 Å². The smallest absolute Gasteiger partial charge is 0.264 e. The van der Waals surface area contributed by atoms with Gasteiger partial charge in [-0.15, -0.1) is 0 Å². The van der Waals surface area contributed by atoms with E-state index in [9.17, 15) is 13.2 Å². The average molecular weight is 433 g/mol. The zero-order valence-electron chi connectivity index (χ0n) is 17.9. The monoisotopic (exact) mass is 432 g/mol. The molecule has 2 atom stereocenters. The summed E-state index contributed by atoms with van der Waals surface area (Å²) in [6, 6.07) is 11.4. The van der Waals surface area contributed by atoms with E-state index < -0.39 is 16.1 Å². The number of aryl methyl sites for hydroxylation is 1. The minimum atomic E-state index is -3.91. The molecular formula is C22H28N2O5S. The molecule has 0 aliphatic carbocycles. The maximum Gasteiger partial charge on any atom is 0.264 e. The number of fused-ring (bicyclic) bond motifs is 1. The second-order valence-corrected chi connectivity index (χ2v) is 9.69. The Hall–Kier alpha value is -2.74. The Balaban J connectivity index is 1.98. The third kappa shape index (κ3) is 4.38. The largest absolute Gasteiger partial charge is 0.497 e. The molecule has 0 saturated carbocycles. The summed E-state index contributed by atoms with van der Waals surface area (Å²) in [6.07, 6.45) is -0.950. The van der Waals surface area contributed by atoms with Crippen LogP contribution in [-0.2, 0) is 14.8 Å². The van der Waals surface area contributed by atoms with Crippen LogP contribution in [0.1, 0.15) is 26.3 Å². The van der Waals surface area contributed by atoms with Crippen LogP contribution in [0, 0.1) is 12.8 Å². The Morgan fingerprint density at radius 3 is 2.43 bits per heavy atom. The topological polar surface area (TPSA) is 84.9 Å². The number of nitrogens with one attached hydrogen (secondary N) is 1. The summed E-state index contributed by atoms with van der Waals surface area (Å²) in [4.78, 5) is 12.9. The maximum absolute atomic E-state index is 13.4. The third-order valence-electron chi connectivity index (χ3n) is 5.29. The molecule has 0 spiro atoms. The molecule has 3 rings (SSSR count). The van der Waals surface area contributed by atoms with Crippen LogP contribution in [0.4, 0.5) is 5.69 Å². The molecule has 0 bridgehead atoms. The van der Waals surface area contributed by atoms with E-state index in [2.05, 4.69) is 5.32 Å². The zero-order valence-corrected chi connectivity index (χ0v) is 18.7. The highest BCUT2D eigenvalue weighted by Gasteiger charge is 2.38. The van der Waals surface area contributed by atoms with Crippen molar-refractivity contribution in [3.8, 4) is 11.5 Å². The van der Waals surface area contributed by atoms with E-state index in [1.807, 2.05) is 33.8 Å². The molecule has 1 aliphatic heterocycles. The SMILES string of the molecule is COc1ccc(S(=O)(=O)N2CC(C(=O)NC(C)C(C)C)Oc3cc(C)ccc32)cc1. The van der Waals surface area contributed by atoms with Gasteiger partial charge >= 0.3 is 0 Å². The van der Waals surface area contributed by atoms with Crippen molar-refractivity contribution in [2.45, 2.75) is 44.7 Å². The first kappa shape index (κ1) is 22.0. The Bertz CT molecular complexity index is 1020. The molecule has 1 amide bonds. The standard InChI is InChI=1S/C22H28N2O5S/c1-14(2)16(4)23-22(25)21-13-24(19-11-6-15(3)12-20(19)29-21)30(26,27)18-9-7-17(28-5)8-10-18/h6-12,14,16,21H,13H2,1-5H3,(H,23,25). The zero-order chi connectivity index (χ0) is 22.1. The highest BCUT2D eigenvalue weighted by atomic mass is 32.2. The van der Waals surface area contributed by atoms with Gasteiger partial charge in [-0.3, -0.25) is 9.10 Å². The molecule has 2 aromatic rings. The Labute approximate surface area is 178 Å². The fourth-order valence-corrected chi connectivity index (χ4v) is 4.56. The van der Waals surface area contributed by atoms with Gasteiger partial charge in [0.15, 0.2) is 6.10 Å². The second kappa shape index (κ2) is 8.55. The minimum absolute atomic E-state index is 0.0633. The van der Waals surface area contributed by atoms with E-state index in [0.717, 1.165) is 5.56 Å². The summed E-state index contributed by atoms with van der Waals surface area (Å²) in [5, 5.41) is 2.92. The number of anilines is 1. The number of carbonyl (C=O) groups is 1. The summed E-state index contributed by atoms with van der Waals surface area (Å²) < 4.78 is 39.1. The van der Waals surface area contributed by atoms with E-state index in [-0.39, 0.29) is 29.3 Å². The average Bonchev–Trinajstić information content (AvgIpc) is 2.72. The highest BCUT2D eigenvalue weighted by Crippen LogP contribution is 2.38. The first-order chi connectivity index (χ1) is 14.1. The molecule has 2 unspecified atom stereocenters. The van der Waals surface area contributed by atoms with Crippen molar-refractivity contribution in [1.29, 1.82) is 0 Å². The van der Waals surface area contributed by atoms with Crippen molar-refractivity contribution in [2.75, 3.05) is 18.0 Å². The van der Waals surface area contributed by atoms with Crippen molar-refractivity contribution in [2.24, 2.45) is 5.92 Å². The molecule has 162 valence electrons. The normalized spacial score (nSPS) is 17.1. The van der Waals surface area contributed by atoms with Gasteiger partial charge in [0.1, 0.15) is 11.5 Å². The van der Waals surface area contributed by atoms with Crippen molar-refractivity contribution in [3.05, 3.63) is 48.0 Å². The Kier molecular flexibility index (Phi) is 6.26. The lowest BCUT2D eigenvalue weighted by Crippen LogP contribution is -2.52. The van der Waals surface area contributed by atoms with Crippen LogP contribution in [-0.4, -0.2) is 40.1 Å². The molecule has 2 aromatic carbocycles. The quantitative estimate of drug-likeness (QED) is 0.758. The van der Waals surface area contributed by atoms with Gasteiger partial charge in [-0.2, -0.15) is 0 Å². The van der Waals surface area contributed by atoms with Crippen LogP contribution in [0.15, 0.2) is 47.4 Å². The summed E-state index contributed by atoms with van der Waals surface area (Å²) in [5.74, 6) is 0.840.